The van der Waals surface area contributed by atoms with Gasteiger partial charge in [0.05, 0.1) is 0 Å². The minimum Gasteiger partial charge on any atom is -0.310 e. The lowest BCUT2D eigenvalue weighted by Gasteiger charge is -2.12. The molecule has 0 spiro atoms. The zero-order valence-corrected chi connectivity index (χ0v) is 11.1. The zero-order valence-electron chi connectivity index (χ0n) is 11.1. The van der Waals surface area contributed by atoms with Crippen molar-refractivity contribution in [2.45, 2.75) is 25.8 Å². The monoisotopic (exact) mass is 255 g/mol. The van der Waals surface area contributed by atoms with Crippen LogP contribution in [-0.2, 0) is 6.42 Å². The van der Waals surface area contributed by atoms with E-state index in [4.69, 9.17) is 0 Å². The summed E-state index contributed by atoms with van der Waals surface area (Å²) >= 11 is 0. The summed E-state index contributed by atoms with van der Waals surface area (Å²) in [6.07, 6.45) is 2.27. The maximum atomic E-state index is 13.3. The smallest absolute Gasteiger partial charge is 0.123 e. The van der Waals surface area contributed by atoms with E-state index in [1.807, 2.05) is 6.07 Å². The van der Waals surface area contributed by atoms with Gasteiger partial charge in [0, 0.05) is 6.04 Å². The molecule has 0 aromatic heterocycles. The van der Waals surface area contributed by atoms with Gasteiger partial charge in [-0.05, 0) is 53.8 Å². The first-order valence-corrected chi connectivity index (χ1v) is 6.90. The maximum absolute atomic E-state index is 13.3. The average molecular weight is 255 g/mol. The number of nitrogens with one attached hydrogen (secondary N) is 1. The largest absolute Gasteiger partial charge is 0.310 e. The van der Waals surface area contributed by atoms with Crippen molar-refractivity contribution >= 4 is 0 Å². The molecule has 0 saturated carbocycles. The molecule has 1 unspecified atom stereocenters. The van der Waals surface area contributed by atoms with Crippen LogP contribution in [0.5, 0.6) is 0 Å². The summed E-state index contributed by atoms with van der Waals surface area (Å²) in [6, 6.07) is 13.8. The molecule has 0 radical (unpaired) electrons. The predicted octanol–water partition coefficient (Wildman–Crippen LogP) is 4.09. The van der Waals surface area contributed by atoms with Gasteiger partial charge in [0.1, 0.15) is 5.82 Å². The quantitative estimate of drug-likeness (QED) is 0.871. The van der Waals surface area contributed by atoms with E-state index in [0.717, 1.165) is 30.5 Å². The number of rotatable bonds is 3. The van der Waals surface area contributed by atoms with Gasteiger partial charge in [-0.1, -0.05) is 37.3 Å². The molecule has 19 heavy (non-hydrogen) atoms. The summed E-state index contributed by atoms with van der Waals surface area (Å²) in [4.78, 5) is 0. The standard InChI is InChI=1S/C17H18FN/c1-2-19-17-9-7-14-10-13(6-8-16(14)17)12-4-3-5-15(18)11-12/h3-6,8,10-11,17,19H,2,7,9H2,1H3. The Labute approximate surface area is 113 Å². The van der Waals surface area contributed by atoms with Gasteiger partial charge >= 0.3 is 0 Å². The van der Waals surface area contributed by atoms with Crippen molar-refractivity contribution in [1.82, 2.24) is 5.32 Å². The molecular formula is C17H18FN. The van der Waals surface area contributed by atoms with E-state index in [-0.39, 0.29) is 5.82 Å². The van der Waals surface area contributed by atoms with Crippen LogP contribution in [0.1, 0.15) is 30.5 Å². The van der Waals surface area contributed by atoms with Crippen LogP contribution < -0.4 is 5.32 Å². The number of fused-ring (bicyclic) bond motifs is 1. The van der Waals surface area contributed by atoms with Crippen molar-refractivity contribution in [1.29, 1.82) is 0 Å². The van der Waals surface area contributed by atoms with Gasteiger partial charge in [-0.15, -0.1) is 0 Å². The number of hydrogen-bond donors (Lipinski definition) is 1. The fourth-order valence-electron chi connectivity index (χ4n) is 2.92. The lowest BCUT2D eigenvalue weighted by Crippen LogP contribution is -2.18. The van der Waals surface area contributed by atoms with Crippen LogP contribution in [0.3, 0.4) is 0 Å². The van der Waals surface area contributed by atoms with Crippen molar-refractivity contribution in [3.05, 3.63) is 59.4 Å². The highest BCUT2D eigenvalue weighted by molar-refractivity contribution is 5.65. The predicted molar refractivity (Wildman–Crippen MR) is 76.6 cm³/mol. The molecule has 0 heterocycles. The Morgan fingerprint density at radius 1 is 1.16 bits per heavy atom. The van der Waals surface area contributed by atoms with Crippen molar-refractivity contribution in [2.75, 3.05) is 6.54 Å². The topological polar surface area (TPSA) is 12.0 Å². The third-order valence-electron chi connectivity index (χ3n) is 3.83. The summed E-state index contributed by atoms with van der Waals surface area (Å²) in [6.45, 7) is 3.13. The molecule has 1 N–H and O–H groups in total. The second-order valence-corrected chi connectivity index (χ2v) is 5.07. The molecule has 1 nitrogen and oxygen atoms in total. The van der Waals surface area contributed by atoms with Crippen LogP contribution in [0.4, 0.5) is 4.39 Å². The maximum Gasteiger partial charge on any atom is 0.123 e. The van der Waals surface area contributed by atoms with E-state index in [0.29, 0.717) is 6.04 Å². The van der Waals surface area contributed by atoms with Gasteiger partial charge in [-0.3, -0.25) is 0 Å². The Kier molecular flexibility index (Phi) is 3.34. The van der Waals surface area contributed by atoms with E-state index in [1.54, 1.807) is 12.1 Å². The Hall–Kier alpha value is -1.67. The molecule has 0 saturated heterocycles. The van der Waals surface area contributed by atoms with E-state index < -0.39 is 0 Å². The van der Waals surface area contributed by atoms with Gasteiger partial charge in [-0.25, -0.2) is 4.39 Å². The molecule has 0 aliphatic heterocycles. The molecule has 2 aromatic rings. The third kappa shape index (κ3) is 2.41. The van der Waals surface area contributed by atoms with Gasteiger partial charge in [0.2, 0.25) is 0 Å². The van der Waals surface area contributed by atoms with Gasteiger partial charge in [0.25, 0.3) is 0 Å². The summed E-state index contributed by atoms with van der Waals surface area (Å²) in [5.74, 6) is -0.177. The molecule has 0 amide bonds. The minimum absolute atomic E-state index is 0.177. The van der Waals surface area contributed by atoms with Crippen molar-refractivity contribution in [3.8, 4) is 11.1 Å². The van der Waals surface area contributed by atoms with E-state index in [1.165, 1.54) is 17.2 Å². The Morgan fingerprint density at radius 3 is 2.79 bits per heavy atom. The number of halogens is 1. The van der Waals surface area contributed by atoms with Crippen LogP contribution in [0, 0.1) is 5.82 Å². The molecule has 98 valence electrons. The Morgan fingerprint density at radius 2 is 2.00 bits per heavy atom. The van der Waals surface area contributed by atoms with Crippen molar-refractivity contribution < 1.29 is 4.39 Å². The summed E-state index contributed by atoms with van der Waals surface area (Å²) in [5.41, 5.74) is 4.86. The lowest BCUT2D eigenvalue weighted by molar-refractivity contribution is 0.549. The second kappa shape index (κ2) is 5.14. The van der Waals surface area contributed by atoms with Crippen molar-refractivity contribution in [3.63, 3.8) is 0 Å². The molecule has 1 atom stereocenters. The average Bonchev–Trinajstić information content (AvgIpc) is 2.82. The highest BCUT2D eigenvalue weighted by atomic mass is 19.1. The van der Waals surface area contributed by atoms with E-state index in [2.05, 4.69) is 30.4 Å². The number of hydrogen-bond acceptors (Lipinski definition) is 1. The highest BCUT2D eigenvalue weighted by Gasteiger charge is 2.21. The zero-order chi connectivity index (χ0) is 13.2. The van der Waals surface area contributed by atoms with Crippen LogP contribution in [0.15, 0.2) is 42.5 Å². The van der Waals surface area contributed by atoms with Crippen molar-refractivity contribution in [2.24, 2.45) is 0 Å². The van der Waals surface area contributed by atoms with E-state index in [9.17, 15) is 4.39 Å². The Balaban J connectivity index is 1.95. The summed E-state index contributed by atoms with van der Waals surface area (Å²) in [5, 5.41) is 3.51. The molecule has 0 fully saturated rings. The molecule has 0 bridgehead atoms. The van der Waals surface area contributed by atoms with Crippen LogP contribution in [0.25, 0.3) is 11.1 Å². The SMILES string of the molecule is CCNC1CCc2cc(-c3cccc(F)c3)ccc21. The van der Waals surface area contributed by atoms with Crippen LogP contribution in [-0.4, -0.2) is 6.54 Å². The third-order valence-corrected chi connectivity index (χ3v) is 3.83. The molecule has 1 aliphatic carbocycles. The summed E-state index contributed by atoms with van der Waals surface area (Å²) < 4.78 is 13.3. The van der Waals surface area contributed by atoms with E-state index >= 15 is 0 Å². The second-order valence-electron chi connectivity index (χ2n) is 5.07. The normalized spacial score (nSPS) is 17.5. The molecule has 2 aromatic carbocycles. The van der Waals surface area contributed by atoms with Gasteiger partial charge in [-0.2, -0.15) is 0 Å². The van der Waals surface area contributed by atoms with Crippen LogP contribution in [0.2, 0.25) is 0 Å². The Bertz CT molecular complexity index is 592. The first-order chi connectivity index (χ1) is 9.28. The number of aryl methyl sites for hydroxylation is 1. The molecular weight excluding hydrogens is 237 g/mol. The van der Waals surface area contributed by atoms with Gasteiger partial charge in [0.15, 0.2) is 0 Å². The first-order valence-electron chi connectivity index (χ1n) is 6.90. The van der Waals surface area contributed by atoms with Gasteiger partial charge < -0.3 is 5.32 Å². The first kappa shape index (κ1) is 12.4. The fraction of sp³-hybridized carbons (Fsp3) is 0.294. The highest BCUT2D eigenvalue weighted by Crippen LogP contribution is 2.34. The molecule has 2 heteroatoms. The molecule has 1 aliphatic rings. The summed E-state index contributed by atoms with van der Waals surface area (Å²) in [7, 11) is 0. The molecule has 3 rings (SSSR count). The lowest BCUT2D eigenvalue weighted by atomic mass is 9.99. The number of benzene rings is 2. The fourth-order valence-corrected chi connectivity index (χ4v) is 2.92. The van der Waals surface area contributed by atoms with Crippen LogP contribution >= 0.6 is 0 Å². The minimum atomic E-state index is -0.177.